The van der Waals surface area contributed by atoms with E-state index in [-0.39, 0.29) is 18.4 Å². The monoisotopic (exact) mass is 412 g/mol. The Morgan fingerprint density at radius 1 is 1.00 bits per heavy atom. The molecule has 2 amide bonds. The fourth-order valence-corrected chi connectivity index (χ4v) is 3.69. The fraction of sp³-hybridized carbons (Fsp3) is 0.160. The minimum absolute atomic E-state index is 0.0250. The summed E-state index contributed by atoms with van der Waals surface area (Å²) >= 11 is 0. The van der Waals surface area contributed by atoms with Crippen molar-refractivity contribution in [2.75, 3.05) is 30.9 Å². The number of likely N-dealkylation sites (N-methyl/N-ethyl adjacent to an activating group) is 2. The Bertz CT molecular complexity index is 1120. The number of carbonyl (C=O) groups excluding carboxylic acids is 2. The first-order chi connectivity index (χ1) is 15.1. The van der Waals surface area contributed by atoms with Crippen LogP contribution >= 0.6 is 0 Å². The van der Waals surface area contributed by atoms with Crippen molar-refractivity contribution in [1.82, 2.24) is 5.32 Å². The SMILES string of the molecule is CNCC(=O)N(C)c1ccc(N=C(c2ccccc2)C2C(=O)Nc3ccccc32)cc1. The number of hydrogen-bond donors (Lipinski definition) is 2. The number of carbonyl (C=O) groups is 2. The number of nitrogens with one attached hydrogen (secondary N) is 2. The fourth-order valence-electron chi connectivity index (χ4n) is 3.69. The minimum atomic E-state index is -0.488. The molecule has 1 heterocycles. The summed E-state index contributed by atoms with van der Waals surface area (Å²) in [7, 11) is 3.49. The zero-order valence-electron chi connectivity index (χ0n) is 17.5. The number of amides is 2. The summed E-state index contributed by atoms with van der Waals surface area (Å²) in [6.07, 6.45) is 0. The van der Waals surface area contributed by atoms with Crippen LogP contribution in [0.1, 0.15) is 17.0 Å². The Labute approximate surface area is 181 Å². The van der Waals surface area contributed by atoms with E-state index >= 15 is 0 Å². The van der Waals surface area contributed by atoms with Crippen molar-refractivity contribution in [3.8, 4) is 0 Å². The van der Waals surface area contributed by atoms with E-state index in [0.29, 0.717) is 11.4 Å². The summed E-state index contributed by atoms with van der Waals surface area (Å²) in [5.41, 5.74) is 4.82. The molecule has 0 bridgehead atoms. The predicted molar refractivity (Wildman–Crippen MR) is 124 cm³/mol. The molecule has 0 radical (unpaired) electrons. The first kappa shape index (κ1) is 20.5. The van der Waals surface area contributed by atoms with Crippen LogP contribution in [0.2, 0.25) is 0 Å². The number of rotatable bonds is 6. The molecule has 1 atom stereocenters. The van der Waals surface area contributed by atoms with E-state index in [1.807, 2.05) is 78.9 Å². The molecule has 2 N–H and O–H groups in total. The van der Waals surface area contributed by atoms with E-state index in [9.17, 15) is 9.59 Å². The van der Waals surface area contributed by atoms with Gasteiger partial charge in [-0.15, -0.1) is 0 Å². The van der Waals surface area contributed by atoms with Gasteiger partial charge < -0.3 is 15.5 Å². The van der Waals surface area contributed by atoms with Crippen LogP contribution in [0.3, 0.4) is 0 Å². The molecule has 4 rings (SSSR count). The van der Waals surface area contributed by atoms with Crippen molar-refractivity contribution in [3.63, 3.8) is 0 Å². The van der Waals surface area contributed by atoms with Gasteiger partial charge in [0.05, 0.1) is 17.9 Å². The van der Waals surface area contributed by atoms with Crippen LogP contribution in [0.5, 0.6) is 0 Å². The molecule has 1 aliphatic heterocycles. The van der Waals surface area contributed by atoms with Gasteiger partial charge in [0.25, 0.3) is 0 Å². The van der Waals surface area contributed by atoms with E-state index in [4.69, 9.17) is 4.99 Å². The van der Waals surface area contributed by atoms with Gasteiger partial charge in [-0.25, -0.2) is 0 Å². The normalized spacial score (nSPS) is 15.4. The topological polar surface area (TPSA) is 73.8 Å². The van der Waals surface area contributed by atoms with Crippen molar-refractivity contribution >= 4 is 34.6 Å². The highest BCUT2D eigenvalue weighted by Crippen LogP contribution is 2.36. The molecular weight excluding hydrogens is 388 g/mol. The third-order valence-corrected chi connectivity index (χ3v) is 5.32. The lowest BCUT2D eigenvalue weighted by atomic mass is 9.90. The minimum Gasteiger partial charge on any atom is -0.325 e. The molecule has 1 aliphatic rings. The number of fused-ring (bicyclic) bond motifs is 1. The van der Waals surface area contributed by atoms with Crippen molar-refractivity contribution < 1.29 is 9.59 Å². The number of anilines is 2. The number of hydrogen-bond acceptors (Lipinski definition) is 4. The largest absolute Gasteiger partial charge is 0.325 e. The Hall–Kier alpha value is -3.77. The molecule has 1 unspecified atom stereocenters. The zero-order chi connectivity index (χ0) is 21.8. The Kier molecular flexibility index (Phi) is 5.91. The maximum absolute atomic E-state index is 12.9. The molecule has 0 aliphatic carbocycles. The Morgan fingerprint density at radius 3 is 2.39 bits per heavy atom. The maximum atomic E-state index is 12.9. The quantitative estimate of drug-likeness (QED) is 0.606. The molecule has 0 saturated carbocycles. The van der Waals surface area contributed by atoms with E-state index in [1.54, 1.807) is 19.0 Å². The molecule has 0 spiro atoms. The smallest absolute Gasteiger partial charge is 0.240 e. The van der Waals surface area contributed by atoms with Gasteiger partial charge in [0.15, 0.2) is 0 Å². The number of aliphatic imine (C=N–C) groups is 1. The van der Waals surface area contributed by atoms with Crippen LogP contribution in [-0.4, -0.2) is 38.2 Å². The molecule has 3 aromatic rings. The average Bonchev–Trinajstić information content (AvgIpc) is 3.13. The average molecular weight is 412 g/mol. The standard InChI is InChI=1S/C25H24N4O2/c1-26-16-22(30)29(2)19-14-12-18(13-15-19)27-24(17-8-4-3-5-9-17)23-20-10-6-7-11-21(20)28-25(23)31/h3-15,23,26H,16H2,1-2H3,(H,28,31). The van der Waals surface area contributed by atoms with Crippen LogP contribution in [0, 0.1) is 0 Å². The highest BCUT2D eigenvalue weighted by molar-refractivity contribution is 6.24. The highest BCUT2D eigenvalue weighted by Gasteiger charge is 2.35. The molecule has 0 aromatic heterocycles. The van der Waals surface area contributed by atoms with E-state index in [2.05, 4.69) is 10.6 Å². The second-order valence-electron chi connectivity index (χ2n) is 7.37. The van der Waals surface area contributed by atoms with Crippen molar-refractivity contribution in [3.05, 3.63) is 90.0 Å². The molecular formula is C25H24N4O2. The Morgan fingerprint density at radius 2 is 1.68 bits per heavy atom. The summed E-state index contributed by atoms with van der Waals surface area (Å²) in [4.78, 5) is 31.5. The zero-order valence-corrected chi connectivity index (χ0v) is 17.5. The first-order valence-electron chi connectivity index (χ1n) is 10.1. The predicted octanol–water partition coefficient (Wildman–Crippen LogP) is 3.73. The van der Waals surface area contributed by atoms with Gasteiger partial charge in [0, 0.05) is 18.4 Å². The van der Waals surface area contributed by atoms with Gasteiger partial charge in [-0.3, -0.25) is 14.6 Å². The van der Waals surface area contributed by atoms with E-state index < -0.39 is 5.92 Å². The third kappa shape index (κ3) is 4.25. The van der Waals surface area contributed by atoms with Gasteiger partial charge in [-0.1, -0.05) is 48.5 Å². The van der Waals surface area contributed by atoms with Crippen molar-refractivity contribution in [2.45, 2.75) is 5.92 Å². The maximum Gasteiger partial charge on any atom is 0.240 e. The van der Waals surface area contributed by atoms with Gasteiger partial charge in [0.2, 0.25) is 11.8 Å². The van der Waals surface area contributed by atoms with Crippen LogP contribution in [0.15, 0.2) is 83.9 Å². The summed E-state index contributed by atoms with van der Waals surface area (Å²) in [5, 5.41) is 5.83. The van der Waals surface area contributed by atoms with E-state index in [0.717, 1.165) is 22.5 Å². The van der Waals surface area contributed by atoms with Gasteiger partial charge in [-0.2, -0.15) is 0 Å². The summed E-state index contributed by atoms with van der Waals surface area (Å²) in [6, 6.07) is 24.9. The second kappa shape index (κ2) is 8.93. The van der Waals surface area contributed by atoms with Crippen molar-refractivity contribution in [2.24, 2.45) is 4.99 Å². The van der Waals surface area contributed by atoms with Gasteiger partial charge in [-0.05, 0) is 48.5 Å². The lowest BCUT2D eigenvalue weighted by Gasteiger charge is -2.17. The lowest BCUT2D eigenvalue weighted by molar-refractivity contribution is -0.117. The molecule has 6 nitrogen and oxygen atoms in total. The highest BCUT2D eigenvalue weighted by atomic mass is 16.2. The van der Waals surface area contributed by atoms with Gasteiger partial charge >= 0.3 is 0 Å². The van der Waals surface area contributed by atoms with Crippen LogP contribution in [0.4, 0.5) is 17.1 Å². The van der Waals surface area contributed by atoms with E-state index in [1.165, 1.54) is 0 Å². The first-order valence-corrected chi connectivity index (χ1v) is 10.1. The summed E-state index contributed by atoms with van der Waals surface area (Å²) < 4.78 is 0. The van der Waals surface area contributed by atoms with Crippen LogP contribution in [0.25, 0.3) is 0 Å². The molecule has 0 fully saturated rings. The molecule has 3 aromatic carbocycles. The summed E-state index contributed by atoms with van der Waals surface area (Å²) in [6.45, 7) is 0.269. The lowest BCUT2D eigenvalue weighted by Crippen LogP contribution is -2.33. The van der Waals surface area contributed by atoms with Crippen molar-refractivity contribution in [1.29, 1.82) is 0 Å². The number of benzene rings is 3. The molecule has 31 heavy (non-hydrogen) atoms. The molecule has 0 saturated heterocycles. The van der Waals surface area contributed by atoms with Crippen LogP contribution < -0.4 is 15.5 Å². The summed E-state index contributed by atoms with van der Waals surface area (Å²) in [5.74, 6) is -0.598. The Balaban J connectivity index is 1.72. The third-order valence-electron chi connectivity index (χ3n) is 5.32. The number of para-hydroxylation sites is 1. The number of nitrogens with zero attached hydrogens (tertiary/aromatic N) is 2. The second-order valence-corrected chi connectivity index (χ2v) is 7.37. The molecule has 156 valence electrons. The van der Waals surface area contributed by atoms with Gasteiger partial charge in [0.1, 0.15) is 5.92 Å². The molecule has 6 heteroatoms. The van der Waals surface area contributed by atoms with Crippen LogP contribution in [-0.2, 0) is 9.59 Å².